The summed E-state index contributed by atoms with van der Waals surface area (Å²) in [5.74, 6) is 0.211. The Morgan fingerprint density at radius 3 is 2.52 bits per heavy atom. The number of carbonyl (C=O) groups is 2. The van der Waals surface area contributed by atoms with Gasteiger partial charge in [-0.3, -0.25) is 14.5 Å². The van der Waals surface area contributed by atoms with Gasteiger partial charge in [0.25, 0.3) is 5.91 Å². The zero-order valence-corrected chi connectivity index (χ0v) is 15.0. The van der Waals surface area contributed by atoms with Gasteiger partial charge < -0.3 is 10.6 Å². The van der Waals surface area contributed by atoms with Gasteiger partial charge in [0.2, 0.25) is 5.91 Å². The molecule has 0 aliphatic heterocycles. The molecule has 2 amide bonds. The van der Waals surface area contributed by atoms with Crippen molar-refractivity contribution in [1.29, 1.82) is 0 Å². The monoisotopic (exact) mass is 344 g/mol. The Balaban J connectivity index is 1.92. The molecule has 0 fully saturated rings. The molecular formula is C17H24N6O2. The maximum absolute atomic E-state index is 12.2. The third kappa shape index (κ3) is 5.39. The Hall–Kier alpha value is -2.74. The van der Waals surface area contributed by atoms with Crippen LogP contribution >= 0.6 is 0 Å². The maximum atomic E-state index is 12.2. The first-order valence-electron chi connectivity index (χ1n) is 8.06. The number of aromatic nitrogens is 3. The quantitative estimate of drug-likeness (QED) is 0.782. The molecule has 0 saturated carbocycles. The molecule has 0 bridgehead atoms. The molecular weight excluding hydrogens is 320 g/mol. The number of aryl methyl sites for hydroxylation is 1. The maximum Gasteiger partial charge on any atom is 0.256 e. The molecule has 1 heterocycles. The van der Waals surface area contributed by atoms with Gasteiger partial charge in [-0.2, -0.15) is 9.90 Å². The average molecular weight is 344 g/mol. The summed E-state index contributed by atoms with van der Waals surface area (Å²) in [5, 5.41) is 13.3. The van der Waals surface area contributed by atoms with Crippen LogP contribution in [0.5, 0.6) is 0 Å². The summed E-state index contributed by atoms with van der Waals surface area (Å²) in [4.78, 5) is 27.1. The van der Waals surface area contributed by atoms with Crippen LogP contribution in [0.2, 0.25) is 0 Å². The second kappa shape index (κ2) is 8.39. The van der Waals surface area contributed by atoms with E-state index in [0.717, 1.165) is 5.56 Å². The fraction of sp³-hybridized carbons (Fsp3) is 0.412. The molecule has 1 aromatic carbocycles. The van der Waals surface area contributed by atoms with Crippen molar-refractivity contribution in [2.75, 3.05) is 19.4 Å². The molecule has 134 valence electrons. The summed E-state index contributed by atoms with van der Waals surface area (Å²) in [5.41, 5.74) is 1.62. The molecule has 0 spiro atoms. The molecule has 8 heteroatoms. The van der Waals surface area contributed by atoms with Crippen molar-refractivity contribution in [1.82, 2.24) is 25.2 Å². The zero-order valence-electron chi connectivity index (χ0n) is 15.0. The van der Waals surface area contributed by atoms with Crippen LogP contribution in [0, 0.1) is 0 Å². The van der Waals surface area contributed by atoms with E-state index >= 15 is 0 Å². The molecule has 25 heavy (non-hydrogen) atoms. The van der Waals surface area contributed by atoms with E-state index in [0.29, 0.717) is 24.3 Å². The second-order valence-corrected chi connectivity index (χ2v) is 6.01. The first-order chi connectivity index (χ1) is 11.9. The van der Waals surface area contributed by atoms with E-state index in [1.165, 1.54) is 11.0 Å². The van der Waals surface area contributed by atoms with Crippen molar-refractivity contribution in [2.24, 2.45) is 7.05 Å². The van der Waals surface area contributed by atoms with Crippen LogP contribution < -0.4 is 10.6 Å². The van der Waals surface area contributed by atoms with E-state index in [1.807, 2.05) is 26.1 Å². The fourth-order valence-corrected chi connectivity index (χ4v) is 2.32. The molecule has 0 saturated heterocycles. The van der Waals surface area contributed by atoms with E-state index in [9.17, 15) is 9.59 Å². The van der Waals surface area contributed by atoms with Gasteiger partial charge in [0.15, 0.2) is 5.82 Å². The fourth-order valence-electron chi connectivity index (χ4n) is 2.32. The minimum Gasteiger partial charge on any atom is -0.359 e. The number of rotatable bonds is 7. The number of amides is 2. The molecule has 8 nitrogen and oxygen atoms in total. The summed E-state index contributed by atoms with van der Waals surface area (Å²) in [6.45, 7) is 2.71. The van der Waals surface area contributed by atoms with Crippen molar-refractivity contribution >= 4 is 17.6 Å². The van der Waals surface area contributed by atoms with Gasteiger partial charge in [-0.15, -0.1) is 5.10 Å². The van der Waals surface area contributed by atoms with Gasteiger partial charge in [-0.1, -0.05) is 12.1 Å². The van der Waals surface area contributed by atoms with E-state index < -0.39 is 0 Å². The highest BCUT2D eigenvalue weighted by Crippen LogP contribution is 2.11. The van der Waals surface area contributed by atoms with Crippen LogP contribution in [0.15, 0.2) is 30.5 Å². The number of hydrogen-bond acceptors (Lipinski definition) is 5. The van der Waals surface area contributed by atoms with Crippen LogP contribution in [-0.2, 0) is 18.4 Å². The zero-order chi connectivity index (χ0) is 18.4. The number of hydrogen-bond donors (Lipinski definition) is 2. The lowest BCUT2D eigenvalue weighted by Gasteiger charge is -2.24. The van der Waals surface area contributed by atoms with Gasteiger partial charge in [-0.05, 0) is 31.7 Å². The molecule has 2 aromatic rings. The van der Waals surface area contributed by atoms with E-state index in [-0.39, 0.29) is 17.9 Å². The van der Waals surface area contributed by atoms with Crippen molar-refractivity contribution in [2.45, 2.75) is 25.9 Å². The van der Waals surface area contributed by atoms with Gasteiger partial charge in [0.1, 0.15) is 0 Å². The number of nitrogens with one attached hydrogen (secondary N) is 2. The highest BCUT2D eigenvalue weighted by molar-refractivity contribution is 6.03. The molecule has 1 atom stereocenters. The van der Waals surface area contributed by atoms with Crippen LogP contribution in [0.1, 0.15) is 29.3 Å². The first kappa shape index (κ1) is 18.6. The Bertz CT molecular complexity index is 725. The van der Waals surface area contributed by atoms with Gasteiger partial charge in [0, 0.05) is 38.7 Å². The highest BCUT2D eigenvalue weighted by Gasteiger charge is 2.14. The molecule has 0 radical (unpaired) electrons. The minimum atomic E-state index is -0.228. The third-order valence-corrected chi connectivity index (χ3v) is 4.00. The molecule has 0 aliphatic carbocycles. The lowest BCUT2D eigenvalue weighted by molar-refractivity contribution is -0.121. The minimum absolute atomic E-state index is 0.0235. The topological polar surface area (TPSA) is 92.2 Å². The lowest BCUT2D eigenvalue weighted by Crippen LogP contribution is -2.33. The summed E-state index contributed by atoms with van der Waals surface area (Å²) in [6, 6.07) is 7.50. The van der Waals surface area contributed by atoms with Gasteiger partial charge >= 0.3 is 0 Å². The second-order valence-electron chi connectivity index (χ2n) is 6.01. The lowest BCUT2D eigenvalue weighted by atomic mass is 10.1. The predicted octanol–water partition coefficient (Wildman–Crippen LogP) is 1.02. The summed E-state index contributed by atoms with van der Waals surface area (Å²) >= 11 is 0. The molecule has 2 N–H and O–H groups in total. The number of benzene rings is 1. The van der Waals surface area contributed by atoms with E-state index in [1.54, 1.807) is 26.2 Å². The van der Waals surface area contributed by atoms with Crippen molar-refractivity contribution < 1.29 is 9.59 Å². The summed E-state index contributed by atoms with van der Waals surface area (Å²) < 4.78 is 0. The molecule has 0 unspecified atom stereocenters. The third-order valence-electron chi connectivity index (χ3n) is 4.00. The number of carbonyl (C=O) groups excluding carboxylic acids is 2. The largest absolute Gasteiger partial charge is 0.359 e. The molecule has 0 aliphatic rings. The van der Waals surface area contributed by atoms with Gasteiger partial charge in [0.05, 0.1) is 6.20 Å². The predicted molar refractivity (Wildman–Crippen MR) is 95.0 cm³/mol. The van der Waals surface area contributed by atoms with E-state index in [4.69, 9.17) is 0 Å². The van der Waals surface area contributed by atoms with Crippen molar-refractivity contribution in [3.8, 4) is 0 Å². The normalized spacial score (nSPS) is 12.0. The van der Waals surface area contributed by atoms with Crippen molar-refractivity contribution in [3.63, 3.8) is 0 Å². The van der Waals surface area contributed by atoms with Gasteiger partial charge in [-0.25, -0.2) is 0 Å². The summed E-state index contributed by atoms with van der Waals surface area (Å²) in [6.07, 6.45) is 1.95. The Morgan fingerprint density at radius 2 is 1.96 bits per heavy atom. The van der Waals surface area contributed by atoms with Crippen LogP contribution in [0.4, 0.5) is 5.82 Å². The Labute approximate surface area is 147 Å². The van der Waals surface area contributed by atoms with Crippen LogP contribution in [0.3, 0.4) is 0 Å². The molecule has 1 aromatic heterocycles. The number of nitrogens with zero attached hydrogens (tertiary/aromatic N) is 4. The first-order valence-corrected chi connectivity index (χ1v) is 8.06. The smallest absolute Gasteiger partial charge is 0.256 e. The SMILES string of the molecule is CNC(=O)C[C@H](C)N(C)Cc1ccc(C(=O)Nc2cnn(C)n2)cc1. The van der Waals surface area contributed by atoms with Crippen molar-refractivity contribution in [3.05, 3.63) is 41.6 Å². The highest BCUT2D eigenvalue weighted by atomic mass is 16.2. The Morgan fingerprint density at radius 1 is 1.28 bits per heavy atom. The standard InChI is InChI=1S/C17H24N6O2/c1-12(9-16(24)18-2)22(3)11-13-5-7-14(8-6-13)17(25)20-15-10-19-23(4)21-15/h5-8,10,12H,9,11H2,1-4H3,(H,18,24)(H,20,21,25)/t12-/m0/s1. The van der Waals surface area contributed by atoms with Crippen LogP contribution in [-0.4, -0.2) is 51.8 Å². The average Bonchev–Trinajstić information content (AvgIpc) is 3.00. The van der Waals surface area contributed by atoms with E-state index in [2.05, 4.69) is 25.7 Å². The van der Waals surface area contributed by atoms with Crippen LogP contribution in [0.25, 0.3) is 0 Å². The number of anilines is 1. The summed E-state index contributed by atoms with van der Waals surface area (Å²) in [7, 11) is 5.30. The Kier molecular flexibility index (Phi) is 6.24. The molecule has 2 rings (SSSR count).